The summed E-state index contributed by atoms with van der Waals surface area (Å²) >= 11 is 0. The largest absolute Gasteiger partial charge is 0.377 e. The Morgan fingerprint density at radius 3 is 2.85 bits per heavy atom. The maximum Gasteiger partial charge on any atom is 0.254 e. The monoisotopic (exact) mass is 355 g/mol. The molecule has 1 N–H and O–H groups in total. The first-order valence-corrected chi connectivity index (χ1v) is 9.37. The first-order chi connectivity index (χ1) is 12.8. The van der Waals surface area contributed by atoms with Gasteiger partial charge >= 0.3 is 0 Å². The molecule has 1 atom stereocenters. The molecule has 2 aliphatic heterocycles. The van der Waals surface area contributed by atoms with Crippen LogP contribution in [0.1, 0.15) is 53.4 Å². The van der Waals surface area contributed by atoms with E-state index in [1.54, 1.807) is 0 Å². The van der Waals surface area contributed by atoms with E-state index in [-0.39, 0.29) is 5.91 Å². The van der Waals surface area contributed by atoms with E-state index in [2.05, 4.69) is 20.1 Å². The lowest BCUT2D eigenvalue weighted by Crippen LogP contribution is -2.39. The molecule has 26 heavy (non-hydrogen) atoms. The highest BCUT2D eigenvalue weighted by Gasteiger charge is 2.29. The number of carbonyl (C=O) groups is 1. The number of hydrogen-bond acceptors (Lipinski definition) is 5. The van der Waals surface area contributed by atoms with Crippen molar-refractivity contribution in [2.45, 2.75) is 45.5 Å². The molecule has 4 rings (SSSR count). The van der Waals surface area contributed by atoms with E-state index in [1.807, 2.05) is 36.1 Å². The first-order valence-electron chi connectivity index (χ1n) is 9.37. The predicted molar refractivity (Wildman–Crippen MR) is 96.5 cm³/mol. The fourth-order valence-corrected chi connectivity index (χ4v) is 3.66. The van der Waals surface area contributed by atoms with Crippen LogP contribution in [0.25, 0.3) is 0 Å². The second kappa shape index (κ2) is 7.55. The summed E-state index contributed by atoms with van der Waals surface area (Å²) in [4.78, 5) is 14.7. The van der Waals surface area contributed by atoms with Crippen LogP contribution in [-0.2, 0) is 24.4 Å². The summed E-state index contributed by atoms with van der Waals surface area (Å²) in [6.45, 7) is 6.23. The summed E-state index contributed by atoms with van der Waals surface area (Å²) < 4.78 is 7.58. The van der Waals surface area contributed by atoms with Crippen molar-refractivity contribution < 1.29 is 9.53 Å². The van der Waals surface area contributed by atoms with Gasteiger partial charge in [0.2, 0.25) is 0 Å². The van der Waals surface area contributed by atoms with Gasteiger partial charge in [-0.25, -0.2) is 0 Å². The Labute approximate surface area is 153 Å². The number of amides is 1. The van der Waals surface area contributed by atoms with Crippen molar-refractivity contribution in [3.8, 4) is 0 Å². The molecule has 7 nitrogen and oxygen atoms in total. The van der Waals surface area contributed by atoms with Gasteiger partial charge in [-0.3, -0.25) is 4.79 Å². The van der Waals surface area contributed by atoms with E-state index in [9.17, 15) is 4.79 Å². The van der Waals surface area contributed by atoms with Crippen LogP contribution in [0.4, 0.5) is 0 Å². The molecule has 2 aliphatic rings. The molecule has 7 heteroatoms. The second-order valence-electron chi connectivity index (χ2n) is 6.84. The number of aromatic nitrogens is 3. The topological polar surface area (TPSA) is 72.3 Å². The van der Waals surface area contributed by atoms with Crippen molar-refractivity contribution in [2.75, 3.05) is 19.7 Å². The minimum absolute atomic E-state index is 0.0442. The van der Waals surface area contributed by atoms with E-state index in [0.29, 0.717) is 37.9 Å². The van der Waals surface area contributed by atoms with Crippen LogP contribution in [0.5, 0.6) is 0 Å². The average molecular weight is 355 g/mol. The summed E-state index contributed by atoms with van der Waals surface area (Å²) in [5.41, 5.74) is 1.78. The number of fused-ring (bicyclic) bond motifs is 1. The summed E-state index contributed by atoms with van der Waals surface area (Å²) in [6.07, 6.45) is 2.28. The zero-order valence-electron chi connectivity index (χ0n) is 15.1. The third-order valence-corrected chi connectivity index (χ3v) is 5.11. The maximum atomic E-state index is 12.8. The Morgan fingerprint density at radius 2 is 2.12 bits per heavy atom. The van der Waals surface area contributed by atoms with Crippen LogP contribution < -0.4 is 5.32 Å². The number of ether oxygens (including phenoxy) is 1. The molecule has 0 radical (unpaired) electrons. The molecule has 1 saturated heterocycles. The van der Waals surface area contributed by atoms with Gasteiger partial charge in [0.15, 0.2) is 5.82 Å². The standard InChI is InChI=1S/C19H25N5O2/c1-2-26-13-14-5-7-15(8-6-14)19(25)23-10-11-24-17(12-23)21-22-18(24)16-4-3-9-20-16/h5-8,16,20H,2-4,9-13H2,1H3/t16-/m0/s1. The highest BCUT2D eigenvalue weighted by atomic mass is 16.5. The minimum Gasteiger partial charge on any atom is -0.377 e. The molecule has 0 spiro atoms. The molecule has 1 amide bonds. The van der Waals surface area contributed by atoms with Crippen LogP contribution in [0.2, 0.25) is 0 Å². The van der Waals surface area contributed by atoms with Gasteiger partial charge in [-0.1, -0.05) is 12.1 Å². The quantitative estimate of drug-likeness (QED) is 0.887. The number of carbonyl (C=O) groups excluding carboxylic acids is 1. The van der Waals surface area contributed by atoms with Gasteiger partial charge in [0.25, 0.3) is 5.91 Å². The van der Waals surface area contributed by atoms with E-state index in [4.69, 9.17) is 4.74 Å². The normalized spacial score (nSPS) is 19.6. The van der Waals surface area contributed by atoms with Gasteiger partial charge in [-0.05, 0) is 44.0 Å². The highest BCUT2D eigenvalue weighted by molar-refractivity contribution is 5.94. The van der Waals surface area contributed by atoms with Crippen LogP contribution in [-0.4, -0.2) is 45.3 Å². The minimum atomic E-state index is 0.0442. The lowest BCUT2D eigenvalue weighted by molar-refractivity contribution is 0.0705. The van der Waals surface area contributed by atoms with Gasteiger partial charge in [-0.2, -0.15) is 0 Å². The molecule has 0 aliphatic carbocycles. The van der Waals surface area contributed by atoms with Crippen molar-refractivity contribution in [3.63, 3.8) is 0 Å². The lowest BCUT2D eigenvalue weighted by atomic mass is 10.1. The molecule has 0 unspecified atom stereocenters. The van der Waals surface area contributed by atoms with Gasteiger partial charge in [0, 0.05) is 25.3 Å². The van der Waals surface area contributed by atoms with E-state index in [1.165, 1.54) is 6.42 Å². The van der Waals surface area contributed by atoms with Crippen molar-refractivity contribution >= 4 is 5.91 Å². The Bertz CT molecular complexity index is 765. The number of benzene rings is 1. The third-order valence-electron chi connectivity index (χ3n) is 5.11. The van der Waals surface area contributed by atoms with E-state index in [0.717, 1.165) is 36.7 Å². The van der Waals surface area contributed by atoms with E-state index >= 15 is 0 Å². The Balaban J connectivity index is 1.44. The molecule has 1 fully saturated rings. The molecule has 0 saturated carbocycles. The number of nitrogens with one attached hydrogen (secondary N) is 1. The molecular formula is C19H25N5O2. The highest BCUT2D eigenvalue weighted by Crippen LogP contribution is 2.24. The van der Waals surface area contributed by atoms with E-state index < -0.39 is 0 Å². The third kappa shape index (κ3) is 3.37. The summed E-state index contributed by atoms with van der Waals surface area (Å²) in [7, 11) is 0. The number of hydrogen-bond donors (Lipinski definition) is 1. The van der Waals surface area contributed by atoms with Crippen LogP contribution in [0.15, 0.2) is 24.3 Å². The van der Waals surface area contributed by atoms with Gasteiger partial charge < -0.3 is 19.5 Å². The van der Waals surface area contributed by atoms with Crippen molar-refractivity contribution in [1.29, 1.82) is 0 Å². The zero-order chi connectivity index (χ0) is 17.9. The average Bonchev–Trinajstić information content (AvgIpc) is 3.35. The Kier molecular flexibility index (Phi) is 4.99. The molecule has 1 aromatic carbocycles. The molecule has 138 valence electrons. The molecule has 3 heterocycles. The van der Waals surface area contributed by atoms with Gasteiger partial charge in [-0.15, -0.1) is 10.2 Å². The van der Waals surface area contributed by atoms with Crippen LogP contribution in [0.3, 0.4) is 0 Å². The molecule has 0 bridgehead atoms. The Hall–Kier alpha value is -2.25. The van der Waals surface area contributed by atoms with Gasteiger partial charge in [0.05, 0.1) is 19.2 Å². The first kappa shape index (κ1) is 17.2. The van der Waals surface area contributed by atoms with Crippen molar-refractivity contribution in [1.82, 2.24) is 25.0 Å². The molecule has 2 aromatic rings. The number of rotatable bonds is 5. The van der Waals surface area contributed by atoms with Crippen LogP contribution >= 0.6 is 0 Å². The molecular weight excluding hydrogens is 330 g/mol. The number of nitrogens with zero attached hydrogens (tertiary/aromatic N) is 4. The molecule has 1 aromatic heterocycles. The fraction of sp³-hybridized carbons (Fsp3) is 0.526. The summed E-state index contributed by atoms with van der Waals surface area (Å²) in [5.74, 6) is 1.94. The SMILES string of the molecule is CCOCc1ccc(C(=O)N2CCn3c(nnc3[C@@H]3CCCN3)C2)cc1. The maximum absolute atomic E-state index is 12.8. The summed E-state index contributed by atoms with van der Waals surface area (Å²) in [5, 5.41) is 12.2. The fourth-order valence-electron chi connectivity index (χ4n) is 3.66. The Morgan fingerprint density at radius 1 is 1.27 bits per heavy atom. The predicted octanol–water partition coefficient (Wildman–Crippen LogP) is 1.90. The zero-order valence-corrected chi connectivity index (χ0v) is 15.1. The van der Waals surface area contributed by atoms with Crippen molar-refractivity contribution in [2.24, 2.45) is 0 Å². The van der Waals surface area contributed by atoms with Crippen LogP contribution in [0, 0.1) is 0 Å². The second-order valence-corrected chi connectivity index (χ2v) is 6.84. The van der Waals surface area contributed by atoms with Crippen molar-refractivity contribution in [3.05, 3.63) is 47.0 Å². The lowest BCUT2D eigenvalue weighted by Gasteiger charge is -2.28. The van der Waals surface area contributed by atoms with Gasteiger partial charge in [0.1, 0.15) is 5.82 Å². The smallest absolute Gasteiger partial charge is 0.254 e. The summed E-state index contributed by atoms with van der Waals surface area (Å²) in [6, 6.07) is 7.98.